The van der Waals surface area contributed by atoms with Crippen molar-refractivity contribution in [2.75, 3.05) is 5.32 Å². The van der Waals surface area contributed by atoms with Crippen LogP contribution in [0.5, 0.6) is 5.75 Å². The van der Waals surface area contributed by atoms with E-state index in [1.54, 1.807) is 24.3 Å². The van der Waals surface area contributed by atoms with Crippen molar-refractivity contribution in [2.45, 2.75) is 22.3 Å². The van der Waals surface area contributed by atoms with Crippen LogP contribution in [0.4, 0.5) is 14.5 Å². The van der Waals surface area contributed by atoms with Crippen LogP contribution in [0.2, 0.25) is 0 Å². The monoisotopic (exact) mass is 549 g/mol. The largest absolute Gasteiger partial charge is 0.487 e. The number of carbonyl (C=O) groups is 3. The number of rotatable bonds is 6. The van der Waals surface area contributed by atoms with E-state index in [0.717, 1.165) is 10.5 Å². The second-order valence-electron chi connectivity index (χ2n) is 8.51. The summed E-state index contributed by atoms with van der Waals surface area (Å²) in [4.78, 5) is 41.4. The molecule has 9 heteroatoms. The van der Waals surface area contributed by atoms with Crippen LogP contribution in [0.15, 0.2) is 94.7 Å². The van der Waals surface area contributed by atoms with E-state index in [4.69, 9.17) is 11.6 Å². The van der Waals surface area contributed by atoms with Crippen LogP contribution in [-0.4, -0.2) is 23.0 Å². The van der Waals surface area contributed by atoms with Crippen molar-refractivity contribution in [1.29, 1.82) is 0 Å². The van der Waals surface area contributed by atoms with E-state index in [2.05, 4.69) is 10.1 Å². The molecule has 0 spiro atoms. The molecule has 0 bridgehead atoms. The first-order valence-electron chi connectivity index (χ1n) is 11.4. The molecular weight excluding hydrogens is 532 g/mol. The van der Waals surface area contributed by atoms with Crippen molar-refractivity contribution in [1.82, 2.24) is 0 Å². The molecule has 190 valence electrons. The summed E-state index contributed by atoms with van der Waals surface area (Å²) in [7, 11) is 0. The molecule has 0 atom stereocenters. The summed E-state index contributed by atoms with van der Waals surface area (Å²) in [6.45, 7) is 1.95. The summed E-state index contributed by atoms with van der Waals surface area (Å²) < 4.78 is 30.1. The van der Waals surface area contributed by atoms with Gasteiger partial charge in [0, 0.05) is 49.3 Å². The molecule has 0 aromatic heterocycles. The van der Waals surface area contributed by atoms with E-state index in [-0.39, 0.29) is 39.6 Å². The quantitative estimate of drug-likeness (QED) is 0.224. The molecule has 0 heterocycles. The predicted octanol–water partition coefficient (Wildman–Crippen LogP) is 7.34. The highest BCUT2D eigenvalue weighted by molar-refractivity contribution is 7.99. The Labute approximate surface area is 225 Å². The minimum atomic E-state index is -3.86. The van der Waals surface area contributed by atoms with Crippen LogP contribution >= 0.6 is 23.4 Å². The van der Waals surface area contributed by atoms with Crippen LogP contribution in [-0.2, 0) is 0 Å². The zero-order chi connectivity index (χ0) is 27.0. The number of halogens is 3. The molecule has 38 heavy (non-hydrogen) atoms. The van der Waals surface area contributed by atoms with Crippen LogP contribution < -0.4 is 10.1 Å². The minimum absolute atomic E-state index is 0.167. The Bertz CT molecular complexity index is 1580. The number of carbonyl (C=O) groups excluding carboxylic acids is 3. The van der Waals surface area contributed by atoms with Gasteiger partial charge in [0.25, 0.3) is 5.91 Å². The van der Waals surface area contributed by atoms with Gasteiger partial charge >= 0.3 is 5.57 Å². The number of ether oxygens (including phenoxy) is 1. The molecule has 1 aliphatic carbocycles. The Kier molecular flexibility index (Phi) is 6.77. The highest BCUT2D eigenvalue weighted by atomic mass is 35.5. The summed E-state index contributed by atoms with van der Waals surface area (Å²) in [5.74, 6) is -1.37. The SMILES string of the molecule is Cc1ccc(Sc2c(C(=O)Nc3ccc(OC(F)(F)Cl)cc3)ccc3c2C(=O)c2ccccc2C3=O)cc1. The molecule has 0 saturated heterocycles. The van der Waals surface area contributed by atoms with Crippen LogP contribution in [0.3, 0.4) is 0 Å². The number of anilines is 1. The topological polar surface area (TPSA) is 72.5 Å². The van der Waals surface area contributed by atoms with Crippen molar-refractivity contribution >= 4 is 46.5 Å². The van der Waals surface area contributed by atoms with Gasteiger partial charge in [-0.1, -0.05) is 53.7 Å². The molecule has 5 rings (SSSR count). The highest BCUT2D eigenvalue weighted by Gasteiger charge is 2.34. The van der Waals surface area contributed by atoms with E-state index in [1.165, 1.54) is 48.2 Å². The number of hydrogen-bond donors (Lipinski definition) is 1. The van der Waals surface area contributed by atoms with Crippen molar-refractivity contribution in [2.24, 2.45) is 0 Å². The van der Waals surface area contributed by atoms with E-state index in [9.17, 15) is 23.2 Å². The van der Waals surface area contributed by atoms with Gasteiger partial charge in [0.1, 0.15) is 5.75 Å². The van der Waals surface area contributed by atoms with Gasteiger partial charge in [-0.3, -0.25) is 14.4 Å². The fraction of sp³-hybridized carbons (Fsp3) is 0.0690. The molecule has 0 aliphatic heterocycles. The Balaban J connectivity index is 1.55. The average Bonchev–Trinajstić information content (AvgIpc) is 2.88. The third kappa shape index (κ3) is 5.18. The standard InChI is InChI=1S/C29H18ClF2NO4S/c1-16-6-12-19(13-7-16)38-27-23(28(36)33-17-8-10-18(11-9-17)37-29(30,31)32)15-14-22-24(27)26(35)21-5-3-2-4-20(21)25(22)34/h2-15H,1H3,(H,33,36). The zero-order valence-corrected chi connectivity index (χ0v) is 21.3. The van der Waals surface area contributed by atoms with Crippen molar-refractivity contribution in [3.05, 3.63) is 118 Å². The molecule has 4 aromatic rings. The lowest BCUT2D eigenvalue weighted by atomic mass is 9.83. The van der Waals surface area contributed by atoms with E-state index in [1.807, 2.05) is 31.2 Å². The van der Waals surface area contributed by atoms with Crippen molar-refractivity contribution in [3.8, 4) is 5.75 Å². The highest BCUT2D eigenvalue weighted by Crippen LogP contribution is 2.40. The van der Waals surface area contributed by atoms with Crippen LogP contribution in [0.25, 0.3) is 0 Å². The van der Waals surface area contributed by atoms with Gasteiger partial charge in [-0.25, -0.2) is 0 Å². The van der Waals surface area contributed by atoms with Gasteiger partial charge in [-0.15, -0.1) is 8.78 Å². The maximum Gasteiger partial charge on any atom is 0.487 e. The molecule has 0 fully saturated rings. The number of aryl methyl sites for hydroxylation is 1. The van der Waals surface area contributed by atoms with E-state index in [0.29, 0.717) is 16.1 Å². The smallest absolute Gasteiger partial charge is 0.420 e. The molecular formula is C29H18ClF2NO4S. The summed E-state index contributed by atoms with van der Waals surface area (Å²) >= 11 is 6.01. The van der Waals surface area contributed by atoms with Gasteiger partial charge in [-0.2, -0.15) is 0 Å². The summed E-state index contributed by atoms with van der Waals surface area (Å²) in [5, 5.41) is 2.71. The summed E-state index contributed by atoms with van der Waals surface area (Å²) in [6, 6.07) is 22.4. The van der Waals surface area contributed by atoms with Gasteiger partial charge in [0.05, 0.1) is 5.56 Å². The molecule has 1 aliphatic rings. The van der Waals surface area contributed by atoms with E-state index >= 15 is 0 Å². The number of alkyl halides is 3. The molecule has 1 amide bonds. The second kappa shape index (κ2) is 10.0. The third-order valence-electron chi connectivity index (χ3n) is 5.88. The number of fused-ring (bicyclic) bond motifs is 2. The number of nitrogens with one attached hydrogen (secondary N) is 1. The van der Waals surface area contributed by atoms with Crippen LogP contribution in [0.1, 0.15) is 47.8 Å². The Morgan fingerprint density at radius 1 is 0.842 bits per heavy atom. The lowest BCUT2D eigenvalue weighted by Crippen LogP contribution is -2.24. The second-order valence-corrected chi connectivity index (χ2v) is 10.0. The Hall–Kier alpha value is -4.01. The van der Waals surface area contributed by atoms with Gasteiger partial charge in [-0.05, 0) is 55.5 Å². The zero-order valence-electron chi connectivity index (χ0n) is 19.8. The van der Waals surface area contributed by atoms with Gasteiger partial charge < -0.3 is 10.1 Å². The lowest BCUT2D eigenvalue weighted by Gasteiger charge is -2.22. The maximum absolute atomic E-state index is 13.6. The van der Waals surface area contributed by atoms with Gasteiger partial charge in [0.2, 0.25) is 0 Å². The first-order valence-corrected chi connectivity index (χ1v) is 12.6. The number of benzene rings is 4. The number of hydrogen-bond acceptors (Lipinski definition) is 5. The normalized spacial score (nSPS) is 12.5. The van der Waals surface area contributed by atoms with Gasteiger partial charge in [0.15, 0.2) is 11.6 Å². The molecule has 5 nitrogen and oxygen atoms in total. The fourth-order valence-corrected chi connectivity index (χ4v) is 5.28. The summed E-state index contributed by atoms with van der Waals surface area (Å²) in [5.41, 5.74) is -1.35. The molecule has 0 unspecified atom stereocenters. The molecule has 1 N–H and O–H groups in total. The average molecular weight is 550 g/mol. The minimum Gasteiger partial charge on any atom is -0.420 e. The van der Waals surface area contributed by atoms with Crippen LogP contribution in [0, 0.1) is 6.92 Å². The Morgan fingerprint density at radius 2 is 1.47 bits per heavy atom. The van der Waals surface area contributed by atoms with Crippen molar-refractivity contribution < 1.29 is 27.9 Å². The fourth-order valence-electron chi connectivity index (χ4n) is 4.10. The first-order chi connectivity index (χ1) is 18.1. The molecule has 0 radical (unpaired) electrons. The molecule has 4 aromatic carbocycles. The predicted molar refractivity (Wildman–Crippen MR) is 141 cm³/mol. The third-order valence-corrected chi connectivity index (χ3v) is 7.09. The Morgan fingerprint density at radius 3 is 2.11 bits per heavy atom. The molecule has 0 saturated carbocycles. The number of ketones is 2. The van der Waals surface area contributed by atoms with E-state index < -0.39 is 11.5 Å². The lowest BCUT2D eigenvalue weighted by molar-refractivity contribution is -0.0964. The summed E-state index contributed by atoms with van der Waals surface area (Å²) in [6.07, 6.45) is 0. The van der Waals surface area contributed by atoms with Crippen molar-refractivity contribution in [3.63, 3.8) is 0 Å². The maximum atomic E-state index is 13.6. The number of amides is 1. The first kappa shape index (κ1) is 25.6.